The summed E-state index contributed by atoms with van der Waals surface area (Å²) in [5.74, 6) is 0. The number of nitrogens with zero attached hydrogens (tertiary/aromatic N) is 8. The maximum absolute atomic E-state index is 13.7. The van der Waals surface area contributed by atoms with Crippen LogP contribution in [0, 0.1) is 75.2 Å². The van der Waals surface area contributed by atoms with E-state index in [1.165, 1.54) is 38.7 Å². The molecule has 0 amide bonds. The Morgan fingerprint density at radius 1 is 0.333 bits per heavy atom. The van der Waals surface area contributed by atoms with E-state index in [1.54, 1.807) is 0 Å². The van der Waals surface area contributed by atoms with Gasteiger partial charge < -0.3 is 18.3 Å². The second-order valence-corrected chi connectivity index (χ2v) is 23.8. The van der Waals surface area contributed by atoms with E-state index in [2.05, 4.69) is 215 Å². The highest BCUT2D eigenvalue weighted by Crippen LogP contribution is 2.47. The number of aromatic nitrogens is 4. The maximum Gasteiger partial charge on any atom is 0.415 e. The predicted octanol–water partition coefficient (Wildman–Crippen LogP) is 21.8. The molecule has 16 rings (SSSR count). The van der Waals surface area contributed by atoms with Gasteiger partial charge in [-0.3, -0.25) is 0 Å². The van der Waals surface area contributed by atoms with Gasteiger partial charge in [0.05, 0.1) is 108 Å². The van der Waals surface area contributed by atoms with Gasteiger partial charge in [-0.1, -0.05) is 164 Å². The zero-order valence-corrected chi connectivity index (χ0v) is 51.2. The molecule has 4 aromatic heterocycles. The number of nitriles is 3. The summed E-state index contributed by atoms with van der Waals surface area (Å²) in [6.45, 7) is 18.3. The monoisotopic (exact) mass is 1210 g/mol. The van der Waals surface area contributed by atoms with Crippen LogP contribution < -0.4 is 0 Å². The first kappa shape index (κ1) is 57.1. The Hall–Kier alpha value is -12.4. The van der Waals surface area contributed by atoms with Crippen LogP contribution in [-0.4, -0.2) is 18.3 Å². The van der Waals surface area contributed by atoms with Gasteiger partial charge in [0.1, 0.15) is 0 Å². The van der Waals surface area contributed by atoms with Crippen molar-refractivity contribution in [3.05, 3.63) is 292 Å². The third-order valence-corrected chi connectivity index (χ3v) is 18.4. The summed E-state index contributed by atoms with van der Waals surface area (Å²) in [6, 6.07) is 82.4. The third-order valence-electron chi connectivity index (χ3n) is 18.4. The smallest absolute Gasteiger partial charge is 0.307 e. The Balaban J connectivity index is 0.000000154. The van der Waals surface area contributed by atoms with Crippen molar-refractivity contribution in [1.82, 2.24) is 18.3 Å². The van der Waals surface area contributed by atoms with Crippen LogP contribution in [0.5, 0.6) is 0 Å². The van der Waals surface area contributed by atoms with Crippen molar-refractivity contribution in [1.29, 1.82) is 15.8 Å². The largest absolute Gasteiger partial charge is 0.415 e. The van der Waals surface area contributed by atoms with E-state index < -0.39 is 11.7 Å². The van der Waals surface area contributed by atoms with Crippen LogP contribution in [0.25, 0.3) is 137 Å². The van der Waals surface area contributed by atoms with E-state index >= 15 is 0 Å². The molecule has 0 fully saturated rings. The van der Waals surface area contributed by atoms with Crippen molar-refractivity contribution >= 4 is 92.9 Å². The lowest BCUT2D eigenvalue weighted by atomic mass is 9.93. The zero-order valence-electron chi connectivity index (χ0n) is 51.2. The lowest BCUT2D eigenvalue weighted by Gasteiger charge is -2.21. The number of halogens is 3. The number of alkyl halides is 3. The van der Waals surface area contributed by atoms with Crippen LogP contribution in [0.3, 0.4) is 0 Å². The second kappa shape index (κ2) is 22.0. The molecule has 8 nitrogen and oxygen atoms in total. The molecule has 0 bridgehead atoms. The molecule has 16 aromatic rings. The second-order valence-electron chi connectivity index (χ2n) is 23.8. The molecule has 93 heavy (non-hydrogen) atoms. The molecular formula is C82H53F3N8. The van der Waals surface area contributed by atoms with E-state index in [1.807, 2.05) is 73.7 Å². The average Bonchev–Trinajstić information content (AvgIpc) is 1.60. The van der Waals surface area contributed by atoms with Crippen LogP contribution in [0.4, 0.5) is 18.9 Å². The fourth-order valence-corrected chi connectivity index (χ4v) is 14.3. The molecule has 4 heterocycles. The number of para-hydroxylation sites is 8. The Kier molecular flexibility index (Phi) is 13.5. The van der Waals surface area contributed by atoms with E-state index in [4.69, 9.17) is 6.57 Å². The molecule has 0 aliphatic rings. The molecule has 0 N–H and O–H groups in total. The molecule has 12 aromatic carbocycles. The standard InChI is InChI=1S/C41H25F3N4.C41H28N4/c1-24-10-8-14-31-29-12-4-6-16-35(29)47(39(24)31)37-20-26(23-45)33(28-19-18-27(41(42,43)44)21-34(28)46-3)22-38(37)48-36-17-7-5-13-30(36)32-15-9-11-25(2)40(32)48;1-25-10-8-14-33-31-12-4-6-16-36(31)44(40(25)33)38-21-29(24-43)35(30-19-18-28(23-42)20-27(30)3)22-39(38)45-37-17-7-5-13-32(37)34-15-9-11-26(2)41(34)45/h4-22H,1-2H3;4-22H,1-3H3. The van der Waals surface area contributed by atoms with Gasteiger partial charge in [-0.2, -0.15) is 29.0 Å². The van der Waals surface area contributed by atoms with Gasteiger partial charge >= 0.3 is 6.18 Å². The molecule has 0 radical (unpaired) electrons. The lowest BCUT2D eigenvalue weighted by molar-refractivity contribution is -0.137. The predicted molar refractivity (Wildman–Crippen MR) is 370 cm³/mol. The Morgan fingerprint density at radius 3 is 1.00 bits per heavy atom. The summed E-state index contributed by atoms with van der Waals surface area (Å²) < 4.78 is 50.2. The summed E-state index contributed by atoms with van der Waals surface area (Å²) in [5.41, 5.74) is 19.9. The molecule has 0 spiro atoms. The number of hydrogen-bond acceptors (Lipinski definition) is 3. The minimum Gasteiger partial charge on any atom is -0.307 e. The first-order chi connectivity index (χ1) is 45.2. The molecule has 0 aliphatic carbocycles. The Labute approximate surface area is 533 Å². The number of aryl methyl sites for hydroxylation is 5. The molecule has 0 unspecified atom stereocenters. The quantitative estimate of drug-likeness (QED) is 0.155. The van der Waals surface area contributed by atoms with Crippen LogP contribution in [0.15, 0.2) is 231 Å². The van der Waals surface area contributed by atoms with Crippen LogP contribution in [0.2, 0.25) is 0 Å². The highest BCUT2D eigenvalue weighted by atomic mass is 19.4. The van der Waals surface area contributed by atoms with E-state index in [9.17, 15) is 29.0 Å². The Morgan fingerprint density at radius 2 is 0.667 bits per heavy atom. The average molecular weight is 1210 g/mol. The first-order valence-corrected chi connectivity index (χ1v) is 30.4. The number of benzene rings is 12. The normalized spacial score (nSPS) is 11.6. The zero-order chi connectivity index (χ0) is 64.1. The maximum atomic E-state index is 13.7. The summed E-state index contributed by atoms with van der Waals surface area (Å²) in [5, 5.41) is 39.8. The summed E-state index contributed by atoms with van der Waals surface area (Å²) >= 11 is 0. The third kappa shape index (κ3) is 8.93. The molecule has 0 saturated heterocycles. The number of fused-ring (bicyclic) bond motifs is 12. The topological polar surface area (TPSA) is 95.4 Å². The van der Waals surface area contributed by atoms with Crippen LogP contribution in [0.1, 0.15) is 50.1 Å². The van der Waals surface area contributed by atoms with Crippen molar-refractivity contribution in [2.45, 2.75) is 40.8 Å². The molecule has 11 heteroatoms. The number of rotatable bonds is 6. The number of hydrogen-bond donors (Lipinski definition) is 0. The summed E-state index contributed by atoms with van der Waals surface area (Å²) in [4.78, 5) is 3.50. The highest BCUT2D eigenvalue weighted by Gasteiger charge is 2.32. The highest BCUT2D eigenvalue weighted by molar-refractivity contribution is 6.15. The summed E-state index contributed by atoms with van der Waals surface area (Å²) in [7, 11) is 0. The van der Waals surface area contributed by atoms with Crippen molar-refractivity contribution in [2.24, 2.45) is 0 Å². The van der Waals surface area contributed by atoms with Crippen molar-refractivity contribution in [3.8, 4) is 63.2 Å². The van der Waals surface area contributed by atoms with Crippen molar-refractivity contribution in [3.63, 3.8) is 0 Å². The van der Waals surface area contributed by atoms with Gasteiger partial charge in [0, 0.05) is 54.2 Å². The van der Waals surface area contributed by atoms with Crippen LogP contribution in [-0.2, 0) is 6.18 Å². The van der Waals surface area contributed by atoms with Gasteiger partial charge in [0.2, 0.25) is 0 Å². The van der Waals surface area contributed by atoms with Crippen molar-refractivity contribution in [2.75, 3.05) is 0 Å². The van der Waals surface area contributed by atoms with Gasteiger partial charge in [-0.15, -0.1) is 0 Å². The molecule has 0 saturated carbocycles. The minimum absolute atomic E-state index is 0.175. The first-order valence-electron chi connectivity index (χ1n) is 30.4. The van der Waals surface area contributed by atoms with Crippen molar-refractivity contribution < 1.29 is 13.2 Å². The van der Waals surface area contributed by atoms with Gasteiger partial charge in [0.15, 0.2) is 5.69 Å². The van der Waals surface area contributed by atoms with E-state index in [-0.39, 0.29) is 16.8 Å². The van der Waals surface area contributed by atoms with E-state index in [0.29, 0.717) is 16.7 Å². The molecular weight excluding hydrogens is 1150 g/mol. The Bertz CT molecular complexity index is 6060. The fraction of sp³-hybridized carbons (Fsp3) is 0.0732. The van der Waals surface area contributed by atoms with Crippen LogP contribution >= 0.6 is 0 Å². The molecule has 0 aliphatic heterocycles. The molecule has 442 valence electrons. The lowest BCUT2D eigenvalue weighted by Crippen LogP contribution is -2.07. The summed E-state index contributed by atoms with van der Waals surface area (Å²) in [6.07, 6.45) is -4.61. The van der Waals surface area contributed by atoms with E-state index in [0.717, 1.165) is 128 Å². The van der Waals surface area contributed by atoms with Gasteiger partial charge in [0.25, 0.3) is 0 Å². The minimum atomic E-state index is -4.61. The van der Waals surface area contributed by atoms with Gasteiger partial charge in [-0.05, 0) is 146 Å². The molecule has 0 atom stereocenters. The SMILES string of the molecule is Cc1cc(C#N)ccc1-c1cc(-n2c3ccccc3c3cccc(C)c32)c(-n2c3ccccc3c3cccc(C)c32)cc1C#N.[C-]#[N+]c1cc(C(F)(F)F)ccc1-c1cc(-n2c3ccccc3c3cccc(C)c32)c(-n2c3ccccc3c3cccc(C)c32)cc1C#N. The van der Waals surface area contributed by atoms with Gasteiger partial charge in [-0.25, -0.2) is 4.85 Å². The fourth-order valence-electron chi connectivity index (χ4n) is 14.3.